The number of carbonyl (C=O) groups excluding carboxylic acids is 3. The van der Waals surface area contributed by atoms with Crippen LogP contribution in [-0.4, -0.2) is 34.8 Å². The molecular weight excluding hydrogens is 539 g/mol. The number of hydrogen-bond donors (Lipinski definition) is 1. The lowest BCUT2D eigenvalue weighted by Gasteiger charge is -2.13. The Bertz CT molecular complexity index is 1360. The summed E-state index contributed by atoms with van der Waals surface area (Å²) in [5, 5.41) is 3.25. The average molecular weight is 559 g/mol. The summed E-state index contributed by atoms with van der Waals surface area (Å²) in [6.07, 6.45) is 3.48. The number of amides is 3. The normalized spacial score (nSPS) is 14.4. The molecule has 3 aromatic carbocycles. The van der Waals surface area contributed by atoms with Gasteiger partial charge in [0.05, 0.1) is 4.91 Å². The number of ether oxygens (including phenoxy) is 1. The minimum Gasteiger partial charge on any atom is -0.488 e. The summed E-state index contributed by atoms with van der Waals surface area (Å²) in [7, 11) is 0. The van der Waals surface area contributed by atoms with Gasteiger partial charge < -0.3 is 10.1 Å². The molecule has 1 heterocycles. The minimum absolute atomic E-state index is 0.173. The Hall–Kier alpha value is -2.91. The summed E-state index contributed by atoms with van der Waals surface area (Å²) in [5.41, 5.74) is 2.00. The third-order valence-electron chi connectivity index (χ3n) is 5.07. The maximum absolute atomic E-state index is 13.0. The van der Waals surface area contributed by atoms with Crippen molar-refractivity contribution in [2.75, 3.05) is 18.1 Å². The van der Waals surface area contributed by atoms with E-state index in [-0.39, 0.29) is 18.1 Å². The molecule has 0 bridgehead atoms. The number of halogens is 2. The van der Waals surface area contributed by atoms with Crippen molar-refractivity contribution in [1.29, 1.82) is 0 Å². The number of anilines is 1. The molecule has 6 nitrogen and oxygen atoms in total. The van der Waals surface area contributed by atoms with E-state index in [2.05, 4.69) is 5.32 Å². The molecular formula is C26H20Cl2N2O4S2. The van der Waals surface area contributed by atoms with Gasteiger partial charge in [-0.2, -0.15) is 0 Å². The summed E-state index contributed by atoms with van der Waals surface area (Å²) in [5.74, 6) is -0.540. The molecule has 36 heavy (non-hydrogen) atoms. The van der Waals surface area contributed by atoms with E-state index in [9.17, 15) is 14.4 Å². The zero-order valence-corrected chi connectivity index (χ0v) is 22.1. The predicted octanol–water partition coefficient (Wildman–Crippen LogP) is 6.97. The third kappa shape index (κ3) is 6.64. The smallest absolute Gasteiger partial charge is 0.294 e. The van der Waals surface area contributed by atoms with Crippen LogP contribution in [0.2, 0.25) is 10.0 Å². The SMILES string of the molecule is CSc1cccc(NC(=O)CN2C(=O)S/C(=C/c3cc(Cl)ccc3OCc3cccc(Cl)c3)C2=O)c1. The second kappa shape index (κ2) is 11.9. The molecule has 184 valence electrons. The molecule has 0 unspecified atom stereocenters. The molecule has 3 aromatic rings. The number of hydrogen-bond acceptors (Lipinski definition) is 6. The minimum atomic E-state index is -0.557. The van der Waals surface area contributed by atoms with E-state index in [0.29, 0.717) is 27.0 Å². The Kier molecular flexibility index (Phi) is 8.64. The van der Waals surface area contributed by atoms with Gasteiger partial charge in [-0.05, 0) is 78.2 Å². The van der Waals surface area contributed by atoms with Crippen molar-refractivity contribution in [3.05, 3.63) is 92.8 Å². The third-order valence-corrected chi connectivity index (χ3v) is 7.17. The van der Waals surface area contributed by atoms with Crippen LogP contribution in [-0.2, 0) is 16.2 Å². The largest absolute Gasteiger partial charge is 0.488 e. The summed E-state index contributed by atoms with van der Waals surface area (Å²) in [4.78, 5) is 40.1. The Balaban J connectivity index is 1.47. The van der Waals surface area contributed by atoms with E-state index in [1.807, 2.05) is 36.6 Å². The lowest BCUT2D eigenvalue weighted by molar-refractivity contribution is -0.127. The number of imide groups is 1. The Morgan fingerprint density at radius 2 is 1.83 bits per heavy atom. The number of carbonyl (C=O) groups is 3. The van der Waals surface area contributed by atoms with Crippen LogP contribution in [0.4, 0.5) is 10.5 Å². The number of benzene rings is 3. The average Bonchev–Trinajstić information content (AvgIpc) is 3.11. The Morgan fingerprint density at radius 3 is 2.61 bits per heavy atom. The molecule has 10 heteroatoms. The predicted molar refractivity (Wildman–Crippen MR) is 147 cm³/mol. The van der Waals surface area contributed by atoms with Crippen molar-refractivity contribution in [3.8, 4) is 5.75 Å². The molecule has 1 fully saturated rings. The van der Waals surface area contributed by atoms with Crippen LogP contribution < -0.4 is 10.1 Å². The van der Waals surface area contributed by atoms with Gasteiger partial charge in [-0.3, -0.25) is 19.3 Å². The molecule has 1 aliphatic rings. The monoisotopic (exact) mass is 558 g/mol. The van der Waals surface area contributed by atoms with Gasteiger partial charge in [0, 0.05) is 26.2 Å². The van der Waals surface area contributed by atoms with Crippen molar-refractivity contribution in [3.63, 3.8) is 0 Å². The first-order valence-corrected chi connectivity index (χ1v) is 13.5. The number of thioether (sulfide) groups is 2. The Labute approximate surface area is 227 Å². The molecule has 1 aliphatic heterocycles. The van der Waals surface area contributed by atoms with Crippen molar-refractivity contribution in [1.82, 2.24) is 4.90 Å². The van der Waals surface area contributed by atoms with Crippen LogP contribution in [0.1, 0.15) is 11.1 Å². The fourth-order valence-corrected chi connectivity index (χ4v) is 5.06. The number of nitrogens with one attached hydrogen (secondary N) is 1. The highest BCUT2D eigenvalue weighted by Crippen LogP contribution is 2.35. The summed E-state index contributed by atoms with van der Waals surface area (Å²) in [6.45, 7) is -0.137. The molecule has 0 aliphatic carbocycles. The first kappa shape index (κ1) is 26.2. The molecule has 1 N–H and O–H groups in total. The van der Waals surface area contributed by atoms with Crippen molar-refractivity contribution >= 4 is 75.5 Å². The standard InChI is InChI=1S/C26H20Cl2N2O4S2/c1-35-21-7-3-6-20(13-21)29-24(31)14-30-25(32)23(36-26(30)33)12-17-11-19(28)8-9-22(17)34-15-16-4-2-5-18(27)10-16/h2-13H,14-15H2,1H3,(H,29,31)/b23-12+. The highest BCUT2D eigenvalue weighted by molar-refractivity contribution is 8.18. The van der Waals surface area contributed by atoms with Crippen molar-refractivity contribution in [2.45, 2.75) is 11.5 Å². The molecule has 0 radical (unpaired) electrons. The van der Waals surface area contributed by atoms with Gasteiger partial charge in [0.1, 0.15) is 18.9 Å². The Morgan fingerprint density at radius 1 is 1.06 bits per heavy atom. The number of nitrogens with zero attached hydrogens (tertiary/aromatic N) is 1. The lowest BCUT2D eigenvalue weighted by Crippen LogP contribution is -2.36. The van der Waals surface area contributed by atoms with Gasteiger partial charge in [-0.25, -0.2) is 0 Å². The highest BCUT2D eigenvalue weighted by Gasteiger charge is 2.36. The second-order valence-corrected chi connectivity index (χ2v) is 10.4. The molecule has 3 amide bonds. The lowest BCUT2D eigenvalue weighted by atomic mass is 10.1. The van der Waals surface area contributed by atoms with Gasteiger partial charge in [0.2, 0.25) is 5.91 Å². The number of rotatable bonds is 8. The molecule has 0 atom stereocenters. The van der Waals surface area contributed by atoms with Crippen molar-refractivity contribution in [2.24, 2.45) is 0 Å². The summed E-state index contributed by atoms with van der Waals surface area (Å²) in [6, 6.07) is 19.6. The first-order chi connectivity index (χ1) is 17.3. The van der Waals surface area contributed by atoms with E-state index in [1.54, 1.807) is 54.2 Å². The zero-order valence-electron chi connectivity index (χ0n) is 19.0. The summed E-state index contributed by atoms with van der Waals surface area (Å²) < 4.78 is 5.94. The van der Waals surface area contributed by atoms with Crippen LogP contribution in [0.15, 0.2) is 76.5 Å². The van der Waals surface area contributed by atoms with E-state index in [4.69, 9.17) is 27.9 Å². The molecule has 0 saturated carbocycles. The summed E-state index contributed by atoms with van der Waals surface area (Å²) >= 11 is 14.5. The van der Waals surface area contributed by atoms with Crippen LogP contribution in [0, 0.1) is 0 Å². The second-order valence-electron chi connectivity index (χ2n) is 7.65. The fraction of sp³-hybridized carbons (Fsp3) is 0.115. The fourth-order valence-electron chi connectivity index (χ4n) is 3.37. The molecule has 4 rings (SSSR count). The van der Waals surface area contributed by atoms with Crippen LogP contribution >= 0.6 is 46.7 Å². The quantitative estimate of drug-likeness (QED) is 0.237. The van der Waals surface area contributed by atoms with Gasteiger partial charge in [-0.1, -0.05) is 41.4 Å². The van der Waals surface area contributed by atoms with Gasteiger partial charge in [-0.15, -0.1) is 11.8 Å². The topological polar surface area (TPSA) is 75.7 Å². The maximum atomic E-state index is 13.0. The first-order valence-electron chi connectivity index (χ1n) is 10.7. The molecule has 0 spiro atoms. The van der Waals surface area contributed by atoms with Gasteiger partial charge in [0.15, 0.2) is 0 Å². The van der Waals surface area contributed by atoms with Gasteiger partial charge in [0.25, 0.3) is 11.1 Å². The van der Waals surface area contributed by atoms with E-state index in [0.717, 1.165) is 27.1 Å². The molecule has 1 saturated heterocycles. The van der Waals surface area contributed by atoms with E-state index in [1.165, 1.54) is 0 Å². The maximum Gasteiger partial charge on any atom is 0.294 e. The highest BCUT2D eigenvalue weighted by atomic mass is 35.5. The van der Waals surface area contributed by atoms with Gasteiger partial charge >= 0.3 is 0 Å². The zero-order chi connectivity index (χ0) is 25.7. The van der Waals surface area contributed by atoms with Crippen LogP contribution in [0.5, 0.6) is 5.75 Å². The van der Waals surface area contributed by atoms with E-state index >= 15 is 0 Å². The van der Waals surface area contributed by atoms with Crippen molar-refractivity contribution < 1.29 is 19.1 Å². The van der Waals surface area contributed by atoms with Crippen LogP contribution in [0.3, 0.4) is 0 Å². The van der Waals surface area contributed by atoms with Crippen LogP contribution in [0.25, 0.3) is 6.08 Å². The molecule has 0 aromatic heterocycles. The van der Waals surface area contributed by atoms with E-state index < -0.39 is 17.1 Å².